The fourth-order valence-electron chi connectivity index (χ4n) is 4.36. The molecule has 0 unspecified atom stereocenters. The topological polar surface area (TPSA) is 88.1 Å². The summed E-state index contributed by atoms with van der Waals surface area (Å²) in [5, 5.41) is 8.80. The highest BCUT2D eigenvalue weighted by Gasteiger charge is 2.40. The number of nitrogens with one attached hydrogen (secondary N) is 1. The van der Waals surface area contributed by atoms with Gasteiger partial charge in [0.25, 0.3) is 5.91 Å². The molecule has 28 heavy (non-hydrogen) atoms. The van der Waals surface area contributed by atoms with Gasteiger partial charge in [-0.05, 0) is 49.3 Å². The summed E-state index contributed by atoms with van der Waals surface area (Å²) in [4.78, 5) is 32.9. The number of aromatic nitrogens is 3. The van der Waals surface area contributed by atoms with Gasteiger partial charge in [-0.25, -0.2) is 0 Å². The van der Waals surface area contributed by atoms with Gasteiger partial charge in [-0.2, -0.15) is 0 Å². The van der Waals surface area contributed by atoms with E-state index in [1.165, 1.54) is 0 Å². The zero-order valence-electron chi connectivity index (χ0n) is 15.8. The molecule has 1 atom stereocenters. The van der Waals surface area contributed by atoms with Gasteiger partial charge < -0.3 is 10.2 Å². The van der Waals surface area contributed by atoms with Crippen molar-refractivity contribution in [2.75, 3.05) is 0 Å². The van der Waals surface area contributed by atoms with E-state index in [4.69, 9.17) is 0 Å². The molecule has 148 valence electrons. The van der Waals surface area contributed by atoms with Crippen molar-refractivity contribution in [1.82, 2.24) is 24.8 Å². The van der Waals surface area contributed by atoms with Crippen LogP contribution in [0.4, 0.5) is 0 Å². The molecule has 1 N–H and O–H groups in total. The Hall–Kier alpha value is -2.35. The summed E-state index contributed by atoms with van der Waals surface area (Å²) in [6.07, 6.45) is 9.83. The van der Waals surface area contributed by atoms with E-state index in [0.29, 0.717) is 11.4 Å². The Morgan fingerprint density at radius 1 is 1.11 bits per heavy atom. The fraction of sp³-hybridized carbons (Fsp3) is 0.550. The third kappa shape index (κ3) is 4.06. The maximum absolute atomic E-state index is 13.4. The van der Waals surface area contributed by atoms with E-state index in [0.717, 1.165) is 62.9 Å². The molecule has 2 heterocycles. The minimum Gasteiger partial charge on any atom is -0.351 e. The molecule has 8 heteroatoms. The first kappa shape index (κ1) is 19.0. The minimum atomic E-state index is -0.751. The molecule has 0 spiro atoms. The lowest BCUT2D eigenvalue weighted by atomic mass is 10.0. The molecule has 0 aromatic carbocycles. The summed E-state index contributed by atoms with van der Waals surface area (Å²) in [5.74, 6) is -0.382. The second kappa shape index (κ2) is 8.77. The molecule has 2 saturated carbocycles. The van der Waals surface area contributed by atoms with Crippen LogP contribution in [0.5, 0.6) is 0 Å². The highest BCUT2D eigenvalue weighted by atomic mass is 32.1. The SMILES string of the molecule is O=C(NC1CCCC1)[C@@H](c1ccccn1)N(C(=O)c1csnn1)C1CCCC1. The summed E-state index contributed by atoms with van der Waals surface area (Å²) < 4.78 is 3.84. The van der Waals surface area contributed by atoms with Crippen molar-refractivity contribution in [2.45, 2.75) is 69.5 Å². The van der Waals surface area contributed by atoms with Crippen LogP contribution in [0.2, 0.25) is 0 Å². The van der Waals surface area contributed by atoms with Crippen LogP contribution in [0.15, 0.2) is 29.8 Å². The van der Waals surface area contributed by atoms with Crippen LogP contribution in [0, 0.1) is 0 Å². The smallest absolute Gasteiger partial charge is 0.276 e. The number of nitrogens with zero attached hydrogens (tertiary/aromatic N) is 4. The van der Waals surface area contributed by atoms with E-state index in [2.05, 4.69) is 19.9 Å². The largest absolute Gasteiger partial charge is 0.351 e. The van der Waals surface area contributed by atoms with Gasteiger partial charge in [0.2, 0.25) is 5.91 Å². The first-order valence-electron chi connectivity index (χ1n) is 10.0. The number of carbonyl (C=O) groups is 2. The van der Waals surface area contributed by atoms with Crippen LogP contribution < -0.4 is 5.32 Å². The van der Waals surface area contributed by atoms with E-state index >= 15 is 0 Å². The van der Waals surface area contributed by atoms with E-state index in [9.17, 15) is 9.59 Å². The van der Waals surface area contributed by atoms with Crippen molar-refractivity contribution in [3.05, 3.63) is 41.2 Å². The van der Waals surface area contributed by atoms with Gasteiger partial charge in [0.15, 0.2) is 11.7 Å². The van der Waals surface area contributed by atoms with Gasteiger partial charge in [0.1, 0.15) is 0 Å². The van der Waals surface area contributed by atoms with Gasteiger partial charge in [0, 0.05) is 23.7 Å². The van der Waals surface area contributed by atoms with Gasteiger partial charge >= 0.3 is 0 Å². The van der Waals surface area contributed by atoms with E-state index < -0.39 is 6.04 Å². The Labute approximate surface area is 168 Å². The summed E-state index contributed by atoms with van der Waals surface area (Å²) in [6.45, 7) is 0. The van der Waals surface area contributed by atoms with Gasteiger partial charge in [0.05, 0.1) is 5.69 Å². The molecule has 2 fully saturated rings. The van der Waals surface area contributed by atoms with Crippen LogP contribution in [-0.4, -0.2) is 43.4 Å². The van der Waals surface area contributed by atoms with E-state index in [1.54, 1.807) is 16.5 Å². The number of carbonyl (C=O) groups excluding carboxylic acids is 2. The Balaban J connectivity index is 1.69. The molecule has 2 aromatic rings. The van der Waals surface area contributed by atoms with Crippen molar-refractivity contribution in [3.8, 4) is 0 Å². The Morgan fingerprint density at radius 3 is 2.50 bits per heavy atom. The zero-order chi connectivity index (χ0) is 19.3. The number of rotatable bonds is 6. The monoisotopic (exact) mass is 399 g/mol. The molecular weight excluding hydrogens is 374 g/mol. The van der Waals surface area contributed by atoms with Crippen molar-refractivity contribution >= 4 is 23.3 Å². The van der Waals surface area contributed by atoms with E-state index in [-0.39, 0.29) is 23.9 Å². The van der Waals surface area contributed by atoms with Crippen LogP contribution in [0.3, 0.4) is 0 Å². The molecule has 2 aliphatic carbocycles. The zero-order valence-corrected chi connectivity index (χ0v) is 16.6. The highest BCUT2D eigenvalue weighted by molar-refractivity contribution is 7.03. The molecule has 2 amide bonds. The molecule has 0 radical (unpaired) electrons. The molecule has 2 aromatic heterocycles. The molecule has 4 rings (SSSR count). The van der Waals surface area contributed by atoms with Crippen molar-refractivity contribution in [3.63, 3.8) is 0 Å². The van der Waals surface area contributed by atoms with E-state index in [1.807, 2.05) is 18.2 Å². The second-order valence-corrected chi connectivity index (χ2v) is 8.20. The third-order valence-corrected chi connectivity index (χ3v) is 6.23. The Morgan fingerprint density at radius 2 is 1.86 bits per heavy atom. The lowest BCUT2D eigenvalue weighted by molar-refractivity contribution is -0.127. The van der Waals surface area contributed by atoms with Gasteiger partial charge in [-0.1, -0.05) is 36.2 Å². The predicted molar refractivity (Wildman–Crippen MR) is 106 cm³/mol. The summed E-state index contributed by atoms with van der Waals surface area (Å²) in [6, 6.07) is 4.95. The summed E-state index contributed by atoms with van der Waals surface area (Å²) >= 11 is 1.15. The number of hydrogen-bond acceptors (Lipinski definition) is 6. The van der Waals surface area contributed by atoms with Gasteiger partial charge in [-0.15, -0.1) is 5.10 Å². The third-order valence-electron chi connectivity index (χ3n) is 5.73. The molecule has 0 bridgehead atoms. The number of amides is 2. The lowest BCUT2D eigenvalue weighted by Crippen LogP contribution is -2.50. The van der Waals surface area contributed by atoms with Crippen LogP contribution in [0.25, 0.3) is 0 Å². The molecular formula is C20H25N5O2S. The fourth-order valence-corrected chi connectivity index (χ4v) is 4.79. The maximum Gasteiger partial charge on any atom is 0.276 e. The molecule has 0 saturated heterocycles. The number of hydrogen-bond donors (Lipinski definition) is 1. The van der Waals surface area contributed by atoms with Crippen LogP contribution in [-0.2, 0) is 4.79 Å². The highest BCUT2D eigenvalue weighted by Crippen LogP contribution is 2.33. The standard InChI is InChI=1S/C20H25N5O2S/c26-19(22-14-7-1-2-8-14)18(16-11-5-6-12-21-16)25(15-9-3-4-10-15)20(27)17-13-28-24-23-17/h5-6,11-15,18H,1-4,7-10H2,(H,22,26)/t18-/m1/s1. The van der Waals surface area contributed by atoms with Crippen LogP contribution in [0.1, 0.15) is 73.6 Å². The van der Waals surface area contributed by atoms with Crippen molar-refractivity contribution in [1.29, 1.82) is 0 Å². The van der Waals surface area contributed by atoms with Crippen LogP contribution >= 0.6 is 11.5 Å². The Bertz CT molecular complexity index is 786. The quantitative estimate of drug-likeness (QED) is 0.806. The van der Waals surface area contributed by atoms with Crippen molar-refractivity contribution < 1.29 is 9.59 Å². The summed E-state index contributed by atoms with van der Waals surface area (Å²) in [5.41, 5.74) is 0.896. The molecule has 7 nitrogen and oxygen atoms in total. The predicted octanol–water partition coefficient (Wildman–Crippen LogP) is 3.12. The molecule has 0 aliphatic heterocycles. The molecule has 2 aliphatic rings. The lowest BCUT2D eigenvalue weighted by Gasteiger charge is -2.35. The number of pyridine rings is 1. The first-order chi connectivity index (χ1) is 13.7. The minimum absolute atomic E-state index is 0.00975. The average Bonchev–Trinajstić information content (AvgIpc) is 3.49. The van der Waals surface area contributed by atoms with Crippen molar-refractivity contribution in [2.24, 2.45) is 0 Å². The Kier molecular flexibility index (Phi) is 5.95. The maximum atomic E-state index is 13.4. The summed E-state index contributed by atoms with van der Waals surface area (Å²) in [7, 11) is 0. The second-order valence-electron chi connectivity index (χ2n) is 7.59. The first-order valence-corrected chi connectivity index (χ1v) is 10.9. The average molecular weight is 400 g/mol. The van der Waals surface area contributed by atoms with Gasteiger partial charge in [-0.3, -0.25) is 14.6 Å². The normalized spacial score (nSPS) is 18.9.